The van der Waals surface area contributed by atoms with Gasteiger partial charge < -0.3 is 112 Å². The highest BCUT2D eigenvalue weighted by atomic mass is 16.4. The van der Waals surface area contributed by atoms with E-state index in [2.05, 4.69) is 68.1 Å². The van der Waals surface area contributed by atoms with Gasteiger partial charge in [0.25, 0.3) is 0 Å². The summed E-state index contributed by atoms with van der Waals surface area (Å²) in [7, 11) is 0. The molecule has 0 aliphatic carbocycles. The van der Waals surface area contributed by atoms with Crippen LogP contribution in [0.1, 0.15) is 110 Å². The van der Waals surface area contributed by atoms with Gasteiger partial charge in [0.1, 0.15) is 66.2 Å². The summed E-state index contributed by atoms with van der Waals surface area (Å²) in [5, 5.41) is 73.9. The van der Waals surface area contributed by atoms with Gasteiger partial charge in [0, 0.05) is 57.5 Å². The molecule has 0 unspecified atom stereocenters. The topological polar surface area (TPSA) is 632 Å². The molecule has 2 rings (SSSR count). The average Bonchev–Trinajstić information content (AvgIpc) is 1.03. The smallest absolute Gasteiger partial charge is 0.303 e. The number of H-pyrrole nitrogens is 1. The van der Waals surface area contributed by atoms with Crippen molar-refractivity contribution in [2.24, 2.45) is 33.7 Å². The van der Waals surface area contributed by atoms with E-state index < -0.39 is 200 Å². The van der Waals surface area contributed by atoms with Gasteiger partial charge >= 0.3 is 11.9 Å². The number of nitrogens with zero attached hydrogens (tertiary/aromatic N) is 2. The number of aromatic hydroxyl groups is 1. The molecule has 92 heavy (non-hydrogen) atoms. The Morgan fingerprint density at radius 3 is 1.39 bits per heavy atom. The molecule has 37 nitrogen and oxygen atoms in total. The molecule has 26 N–H and O–H groups in total. The number of carbonyl (C=O) groups excluding carboxylic acids is 12. The number of phenols is 1. The van der Waals surface area contributed by atoms with E-state index >= 15 is 0 Å². The van der Waals surface area contributed by atoms with Gasteiger partial charge in [0.2, 0.25) is 70.9 Å². The Hall–Kier alpha value is -10.0. The first-order valence-corrected chi connectivity index (χ1v) is 29.1. The number of aromatic nitrogens is 2. The number of imidazole rings is 1. The highest BCUT2D eigenvalue weighted by molar-refractivity contribution is 5.99. The summed E-state index contributed by atoms with van der Waals surface area (Å²) in [4.78, 5) is 195. The summed E-state index contributed by atoms with van der Waals surface area (Å²) < 4.78 is 0. The van der Waals surface area contributed by atoms with Crippen molar-refractivity contribution in [1.29, 1.82) is 0 Å². The molecule has 1 aromatic heterocycles. The molecule has 12 amide bonds. The predicted octanol–water partition coefficient (Wildman–Crippen LogP) is -7.79. The van der Waals surface area contributed by atoms with E-state index in [0.717, 1.165) is 27.7 Å². The van der Waals surface area contributed by atoms with Crippen LogP contribution >= 0.6 is 0 Å². The Kier molecular flexibility index (Phi) is 33.8. The van der Waals surface area contributed by atoms with Gasteiger partial charge in [-0.15, -0.1) is 0 Å². The molecule has 0 saturated heterocycles. The van der Waals surface area contributed by atoms with Gasteiger partial charge in [-0.3, -0.25) is 72.1 Å². The molecule has 510 valence electrons. The Bertz CT molecular complexity index is 2890. The number of unbranched alkanes of at least 4 members (excludes halogenated alkanes) is 1. The Morgan fingerprint density at radius 2 is 0.935 bits per heavy atom. The molecule has 0 fully saturated rings. The maximum atomic E-state index is 14.2. The summed E-state index contributed by atoms with van der Waals surface area (Å²) in [6, 6.07) is -11.1. The van der Waals surface area contributed by atoms with Crippen LogP contribution in [0, 0.1) is 0 Å². The van der Waals surface area contributed by atoms with Crippen LogP contribution in [-0.4, -0.2) is 210 Å². The second-order valence-electron chi connectivity index (χ2n) is 21.5. The third-order valence-electron chi connectivity index (χ3n) is 13.6. The van der Waals surface area contributed by atoms with E-state index in [9.17, 15) is 92.7 Å². The fourth-order valence-corrected chi connectivity index (χ4v) is 8.66. The molecule has 1 heterocycles. The van der Waals surface area contributed by atoms with Gasteiger partial charge in [-0.05, 0) is 96.4 Å². The first-order chi connectivity index (χ1) is 43.2. The average molecular weight is 1300 g/mol. The first-order valence-electron chi connectivity index (χ1n) is 29.1. The lowest BCUT2D eigenvalue weighted by atomic mass is 10.0. The van der Waals surface area contributed by atoms with Crippen LogP contribution in [0.4, 0.5) is 0 Å². The van der Waals surface area contributed by atoms with Gasteiger partial charge in [0.15, 0.2) is 5.96 Å². The van der Waals surface area contributed by atoms with E-state index in [4.69, 9.17) is 28.7 Å². The van der Waals surface area contributed by atoms with E-state index in [1.54, 1.807) is 0 Å². The number of aliphatic hydroxyl groups excluding tert-OH is 2. The summed E-state index contributed by atoms with van der Waals surface area (Å²) in [5.41, 5.74) is 27.7. The zero-order valence-electron chi connectivity index (χ0n) is 51.2. The lowest BCUT2D eigenvalue weighted by Gasteiger charge is -2.28. The van der Waals surface area contributed by atoms with Crippen molar-refractivity contribution in [3.05, 3.63) is 48.0 Å². The maximum absolute atomic E-state index is 14.2. The van der Waals surface area contributed by atoms with Crippen molar-refractivity contribution < 1.29 is 92.7 Å². The third-order valence-corrected chi connectivity index (χ3v) is 13.6. The summed E-state index contributed by atoms with van der Waals surface area (Å²) in [6.07, 6.45) is -4.61. The number of aromatic amines is 1. The number of nitrogens with one attached hydrogen (secondary N) is 11. The van der Waals surface area contributed by atoms with Crippen LogP contribution in [-0.2, 0) is 80.0 Å². The van der Waals surface area contributed by atoms with Gasteiger partial charge in [0.05, 0.1) is 18.5 Å². The van der Waals surface area contributed by atoms with Crippen molar-refractivity contribution in [2.75, 3.05) is 13.1 Å². The van der Waals surface area contributed by atoms with E-state index in [1.807, 2.05) is 0 Å². The van der Waals surface area contributed by atoms with Crippen LogP contribution in [0.5, 0.6) is 5.75 Å². The van der Waals surface area contributed by atoms with Gasteiger partial charge in [-0.1, -0.05) is 12.1 Å². The largest absolute Gasteiger partial charge is 0.508 e. The van der Waals surface area contributed by atoms with Crippen LogP contribution in [0.15, 0.2) is 41.8 Å². The second-order valence-corrected chi connectivity index (χ2v) is 21.5. The minimum absolute atomic E-state index is 0.0497. The number of nitrogens with two attached hydrogens (primary N) is 5. The normalized spacial score (nSPS) is 14.9. The molecule has 0 spiro atoms. The number of benzene rings is 1. The zero-order chi connectivity index (χ0) is 69.4. The number of guanidine groups is 1. The number of aliphatic hydroxyl groups is 2. The number of aliphatic imine (C=N–C) groups is 1. The maximum Gasteiger partial charge on any atom is 0.303 e. The Balaban J connectivity index is 2.44. The van der Waals surface area contributed by atoms with Crippen LogP contribution < -0.4 is 81.8 Å². The molecular formula is C55H86N18O19. The lowest BCUT2D eigenvalue weighted by molar-refractivity contribution is -0.139. The number of phenolic OH excluding ortho intramolecular Hbond substituents is 1. The Labute approximate surface area is 527 Å². The number of amides is 12. The van der Waals surface area contributed by atoms with Crippen LogP contribution in [0.3, 0.4) is 0 Å². The summed E-state index contributed by atoms with van der Waals surface area (Å²) >= 11 is 0. The molecule has 37 heteroatoms. The van der Waals surface area contributed by atoms with Crippen molar-refractivity contribution in [1.82, 2.24) is 63.1 Å². The molecule has 0 aliphatic rings. The number of primary amides is 2. The quantitative estimate of drug-likeness (QED) is 0.0167. The number of carboxylic acid groups (broad SMARTS) is 2. The van der Waals surface area contributed by atoms with Crippen molar-refractivity contribution >= 4 is 88.8 Å². The van der Waals surface area contributed by atoms with E-state index in [0.29, 0.717) is 18.4 Å². The standard InChI is InChI=1S/C55H86N18O19/c1-26(46(84)67-36(15-18-41(79)80)48(86)70-38(22-30-10-12-32(77)13-11-30)51(89)66-33(45(58)83)8-5-6-20-56)64-53(91)43(27(2)74)73-52(90)39(23-31-24-61-25-63-31)71-49(87)37(16-19-42(81)82)68-47(85)35(14-17-40(57)78)69-54(92)44(28(3)75)72-50(88)34(65-29(4)76)9-7-21-62-55(59)60/h10-13,24-28,33-39,43-44,74-75,77H,5-9,14-23,56H2,1-4H3,(H2,57,78)(H2,58,83)(H,61,63)(H,64,91)(H,65,76)(H,66,89)(H,67,84)(H,68,85)(H,69,92)(H,70,86)(H,71,87)(H,72,88)(H,73,90)(H,79,80)(H,81,82)(H4,59,60,62)/t26-,27+,28+,33-,34-,35-,36-,37-,38-,39-,43-,44-/m0/s1. The number of carboxylic acids is 2. The minimum atomic E-state index is -1.96. The van der Waals surface area contributed by atoms with Crippen molar-refractivity contribution in [3.63, 3.8) is 0 Å². The minimum Gasteiger partial charge on any atom is -0.508 e. The number of aliphatic carboxylic acids is 2. The summed E-state index contributed by atoms with van der Waals surface area (Å²) in [5.74, 6) is -16.0. The van der Waals surface area contributed by atoms with E-state index in [-0.39, 0.29) is 56.2 Å². The number of carbonyl (C=O) groups is 14. The third kappa shape index (κ3) is 29.5. The van der Waals surface area contributed by atoms with Crippen LogP contribution in [0.25, 0.3) is 0 Å². The monoisotopic (exact) mass is 1300 g/mol. The number of hydrogen-bond acceptors (Lipinski definition) is 20. The molecule has 12 atom stereocenters. The van der Waals surface area contributed by atoms with Crippen molar-refractivity contribution in [2.45, 2.75) is 184 Å². The number of hydrogen-bond donors (Lipinski definition) is 21. The van der Waals surface area contributed by atoms with Crippen LogP contribution in [0.2, 0.25) is 0 Å². The fourth-order valence-electron chi connectivity index (χ4n) is 8.66. The van der Waals surface area contributed by atoms with E-state index in [1.165, 1.54) is 36.8 Å². The number of rotatable bonds is 43. The zero-order valence-corrected chi connectivity index (χ0v) is 51.2. The fraction of sp³-hybridized carbons (Fsp3) is 0.564. The van der Waals surface area contributed by atoms with Gasteiger partial charge in [-0.2, -0.15) is 0 Å². The molecular weight excluding hydrogens is 1220 g/mol. The molecule has 2 aromatic rings. The first kappa shape index (κ1) is 78.1. The molecule has 0 aliphatic heterocycles. The molecule has 0 saturated carbocycles. The van der Waals surface area contributed by atoms with Crippen molar-refractivity contribution in [3.8, 4) is 5.75 Å². The van der Waals surface area contributed by atoms with Gasteiger partial charge in [-0.25, -0.2) is 4.98 Å². The SMILES string of the molecule is CC(=O)N[C@@H](CCCN=C(N)N)C(=O)N[C@H](C(=O)N[C@@H](CCC(N)=O)C(=O)N[C@@H](CCC(=O)O)C(=O)N[C@@H](Cc1cnc[nH]1)C(=O)N[C@H](C(=O)N[C@@H](C)C(=O)N[C@@H](CCC(=O)O)C(=O)N[C@@H](Cc1ccc(O)cc1)C(=O)N[C@@H](CCCCN)C(N)=O)[C@@H](C)O)[C@@H](C)O. The molecule has 0 bridgehead atoms. The summed E-state index contributed by atoms with van der Waals surface area (Å²) in [6.45, 7) is 4.72. The predicted molar refractivity (Wildman–Crippen MR) is 322 cm³/mol. The second kappa shape index (κ2) is 39.9. The lowest BCUT2D eigenvalue weighted by Crippen LogP contribution is -2.62. The highest BCUT2D eigenvalue weighted by Gasteiger charge is 2.37. The molecule has 0 radical (unpaired) electrons. The highest BCUT2D eigenvalue weighted by Crippen LogP contribution is 2.14. The molecule has 1 aromatic carbocycles. The Morgan fingerprint density at radius 1 is 0.511 bits per heavy atom.